The summed E-state index contributed by atoms with van der Waals surface area (Å²) in [6.45, 7) is 4.37. The quantitative estimate of drug-likeness (QED) is 0.867. The summed E-state index contributed by atoms with van der Waals surface area (Å²) >= 11 is 0. The van der Waals surface area contributed by atoms with Gasteiger partial charge in [-0.05, 0) is 51.1 Å². The van der Waals surface area contributed by atoms with E-state index in [0.29, 0.717) is 6.04 Å². The zero-order chi connectivity index (χ0) is 12.3. The van der Waals surface area contributed by atoms with Crippen molar-refractivity contribution in [2.24, 2.45) is 0 Å². The van der Waals surface area contributed by atoms with Crippen LogP contribution < -0.4 is 5.32 Å². The van der Waals surface area contributed by atoms with Gasteiger partial charge < -0.3 is 10.2 Å². The molecule has 0 amide bonds. The Morgan fingerprint density at radius 1 is 1.47 bits per heavy atom. The molecule has 1 aliphatic rings. The Hall–Kier alpha value is -0.930. The van der Waals surface area contributed by atoms with Crippen molar-refractivity contribution in [1.82, 2.24) is 10.2 Å². The minimum atomic E-state index is -0.156. The number of halogens is 1. The molecular weight excluding hydrogens is 215 g/mol. The van der Waals surface area contributed by atoms with Crippen LogP contribution in [0.15, 0.2) is 24.3 Å². The molecule has 3 heteroatoms. The van der Waals surface area contributed by atoms with Gasteiger partial charge in [-0.2, -0.15) is 0 Å². The number of benzene rings is 1. The van der Waals surface area contributed by atoms with Crippen molar-refractivity contribution < 1.29 is 4.39 Å². The van der Waals surface area contributed by atoms with E-state index in [-0.39, 0.29) is 11.9 Å². The Morgan fingerprint density at radius 3 is 3.00 bits per heavy atom. The molecule has 17 heavy (non-hydrogen) atoms. The van der Waals surface area contributed by atoms with Gasteiger partial charge in [-0.25, -0.2) is 4.39 Å². The Balaban J connectivity index is 1.94. The molecule has 1 aromatic carbocycles. The molecule has 94 valence electrons. The van der Waals surface area contributed by atoms with Gasteiger partial charge in [-0.1, -0.05) is 12.1 Å². The maximum atomic E-state index is 13.1. The Morgan fingerprint density at radius 2 is 2.29 bits per heavy atom. The average molecular weight is 236 g/mol. The third-order valence-corrected chi connectivity index (χ3v) is 3.46. The van der Waals surface area contributed by atoms with E-state index in [1.807, 2.05) is 6.07 Å². The molecular formula is C14H21FN2. The van der Waals surface area contributed by atoms with Crippen molar-refractivity contribution in [3.05, 3.63) is 35.6 Å². The molecule has 0 bridgehead atoms. The van der Waals surface area contributed by atoms with Crippen molar-refractivity contribution in [3.63, 3.8) is 0 Å². The lowest BCUT2D eigenvalue weighted by Crippen LogP contribution is -2.44. The summed E-state index contributed by atoms with van der Waals surface area (Å²) in [5.74, 6) is -0.156. The van der Waals surface area contributed by atoms with E-state index in [0.717, 1.165) is 12.1 Å². The van der Waals surface area contributed by atoms with Gasteiger partial charge in [-0.15, -0.1) is 0 Å². The lowest BCUT2D eigenvalue weighted by molar-refractivity contribution is 0.218. The topological polar surface area (TPSA) is 15.3 Å². The number of hydrogen-bond acceptors (Lipinski definition) is 2. The highest BCUT2D eigenvalue weighted by molar-refractivity contribution is 5.19. The molecule has 1 aliphatic heterocycles. The number of nitrogens with zero attached hydrogens (tertiary/aromatic N) is 1. The van der Waals surface area contributed by atoms with Crippen molar-refractivity contribution in [3.8, 4) is 0 Å². The summed E-state index contributed by atoms with van der Waals surface area (Å²) in [4.78, 5) is 2.35. The van der Waals surface area contributed by atoms with E-state index in [1.165, 1.54) is 25.5 Å². The number of nitrogens with one attached hydrogen (secondary N) is 1. The number of hydrogen-bond donors (Lipinski definition) is 1. The van der Waals surface area contributed by atoms with Gasteiger partial charge in [0.15, 0.2) is 0 Å². The van der Waals surface area contributed by atoms with Crippen molar-refractivity contribution in [2.45, 2.75) is 31.8 Å². The third kappa shape index (κ3) is 3.51. The molecule has 2 nitrogen and oxygen atoms in total. The van der Waals surface area contributed by atoms with Crippen LogP contribution in [-0.2, 0) is 0 Å². The fourth-order valence-corrected chi connectivity index (χ4v) is 2.53. The first-order valence-corrected chi connectivity index (χ1v) is 6.35. The van der Waals surface area contributed by atoms with E-state index >= 15 is 0 Å². The van der Waals surface area contributed by atoms with Crippen molar-refractivity contribution >= 4 is 0 Å². The summed E-state index contributed by atoms with van der Waals surface area (Å²) in [5, 5.41) is 3.58. The first-order valence-electron chi connectivity index (χ1n) is 6.35. The molecule has 1 unspecified atom stereocenters. The smallest absolute Gasteiger partial charge is 0.123 e. The fraction of sp³-hybridized carbons (Fsp3) is 0.571. The van der Waals surface area contributed by atoms with Crippen LogP contribution in [-0.4, -0.2) is 31.1 Å². The summed E-state index contributed by atoms with van der Waals surface area (Å²) in [7, 11) is 2.15. The summed E-state index contributed by atoms with van der Waals surface area (Å²) in [6, 6.07) is 7.59. The molecule has 0 aliphatic carbocycles. The lowest BCUT2D eigenvalue weighted by atomic mass is 10.0. The molecule has 1 aromatic rings. The third-order valence-electron chi connectivity index (χ3n) is 3.46. The van der Waals surface area contributed by atoms with Crippen LogP contribution in [0, 0.1) is 5.82 Å². The van der Waals surface area contributed by atoms with Crippen LogP contribution in [0.25, 0.3) is 0 Å². The lowest BCUT2D eigenvalue weighted by Gasteiger charge is -2.32. The van der Waals surface area contributed by atoms with Crippen LogP contribution in [0.1, 0.15) is 31.4 Å². The summed E-state index contributed by atoms with van der Waals surface area (Å²) < 4.78 is 13.1. The van der Waals surface area contributed by atoms with Crippen LogP contribution >= 0.6 is 0 Å². The molecule has 0 radical (unpaired) electrons. The highest BCUT2D eigenvalue weighted by Crippen LogP contribution is 2.17. The fourth-order valence-electron chi connectivity index (χ4n) is 2.53. The van der Waals surface area contributed by atoms with Gasteiger partial charge >= 0.3 is 0 Å². The van der Waals surface area contributed by atoms with Gasteiger partial charge in [0.1, 0.15) is 5.82 Å². The number of likely N-dealkylation sites (N-methyl/N-ethyl adjacent to an activating group) is 1. The second-order valence-corrected chi connectivity index (χ2v) is 5.04. The number of likely N-dealkylation sites (tertiary alicyclic amines) is 1. The Labute approximate surface area is 103 Å². The minimum Gasteiger partial charge on any atom is -0.306 e. The second kappa shape index (κ2) is 5.61. The van der Waals surface area contributed by atoms with Crippen molar-refractivity contribution in [1.29, 1.82) is 0 Å². The second-order valence-electron chi connectivity index (χ2n) is 5.04. The van der Waals surface area contributed by atoms with Gasteiger partial charge in [0.2, 0.25) is 0 Å². The van der Waals surface area contributed by atoms with Crippen LogP contribution in [0.3, 0.4) is 0 Å². The molecule has 0 spiro atoms. The van der Waals surface area contributed by atoms with Gasteiger partial charge in [-0.3, -0.25) is 0 Å². The predicted octanol–water partition coefficient (Wildman–Crippen LogP) is 2.57. The molecule has 1 heterocycles. The molecule has 2 atom stereocenters. The SMILES string of the molecule is C[C@H](NC1CCCN(C)C1)c1cccc(F)c1. The first-order chi connectivity index (χ1) is 8.15. The van der Waals surface area contributed by atoms with Gasteiger partial charge in [0, 0.05) is 18.6 Å². The maximum absolute atomic E-state index is 13.1. The molecule has 2 rings (SSSR count). The zero-order valence-corrected chi connectivity index (χ0v) is 10.6. The summed E-state index contributed by atoms with van der Waals surface area (Å²) in [6.07, 6.45) is 2.45. The highest BCUT2D eigenvalue weighted by Gasteiger charge is 2.19. The Kier molecular flexibility index (Phi) is 4.13. The number of rotatable bonds is 3. The molecule has 1 saturated heterocycles. The molecule has 0 saturated carbocycles. The molecule has 1 fully saturated rings. The summed E-state index contributed by atoms with van der Waals surface area (Å²) in [5.41, 5.74) is 1.03. The highest BCUT2D eigenvalue weighted by atomic mass is 19.1. The monoisotopic (exact) mass is 236 g/mol. The Bertz CT molecular complexity index is 367. The molecule has 1 N–H and O–H groups in total. The largest absolute Gasteiger partial charge is 0.306 e. The molecule has 0 aromatic heterocycles. The van der Waals surface area contributed by atoms with Crippen LogP contribution in [0.5, 0.6) is 0 Å². The van der Waals surface area contributed by atoms with Crippen LogP contribution in [0.4, 0.5) is 4.39 Å². The van der Waals surface area contributed by atoms with Gasteiger partial charge in [0.05, 0.1) is 0 Å². The number of piperidine rings is 1. The predicted molar refractivity (Wildman–Crippen MR) is 68.5 cm³/mol. The van der Waals surface area contributed by atoms with E-state index < -0.39 is 0 Å². The van der Waals surface area contributed by atoms with E-state index in [1.54, 1.807) is 12.1 Å². The van der Waals surface area contributed by atoms with E-state index in [9.17, 15) is 4.39 Å². The average Bonchev–Trinajstić information content (AvgIpc) is 2.29. The first kappa shape index (κ1) is 12.5. The maximum Gasteiger partial charge on any atom is 0.123 e. The van der Waals surface area contributed by atoms with E-state index in [4.69, 9.17) is 0 Å². The van der Waals surface area contributed by atoms with Crippen molar-refractivity contribution in [2.75, 3.05) is 20.1 Å². The minimum absolute atomic E-state index is 0.156. The van der Waals surface area contributed by atoms with Crippen LogP contribution in [0.2, 0.25) is 0 Å². The zero-order valence-electron chi connectivity index (χ0n) is 10.6. The normalized spacial score (nSPS) is 23.6. The van der Waals surface area contributed by atoms with Gasteiger partial charge in [0.25, 0.3) is 0 Å². The van der Waals surface area contributed by atoms with E-state index in [2.05, 4.69) is 24.2 Å². The standard InChI is InChI=1S/C14H21FN2/c1-11(12-5-3-6-13(15)9-12)16-14-7-4-8-17(2)10-14/h3,5-6,9,11,14,16H,4,7-8,10H2,1-2H3/t11-,14?/m0/s1.